The van der Waals surface area contributed by atoms with E-state index < -0.39 is 0 Å². The number of rotatable bonds is 3. The second kappa shape index (κ2) is 5.02. The summed E-state index contributed by atoms with van der Waals surface area (Å²) in [6, 6.07) is 16.1. The van der Waals surface area contributed by atoms with Gasteiger partial charge in [0.1, 0.15) is 5.75 Å². The maximum Gasteiger partial charge on any atom is 0.118 e. The summed E-state index contributed by atoms with van der Waals surface area (Å²) in [4.78, 5) is 0. The maximum absolute atomic E-state index is 6.22. The lowest BCUT2D eigenvalue weighted by Gasteiger charge is -2.13. The van der Waals surface area contributed by atoms with Crippen molar-refractivity contribution in [3.63, 3.8) is 0 Å². The molecule has 0 heterocycles. The van der Waals surface area contributed by atoms with Gasteiger partial charge in [-0.2, -0.15) is 0 Å². The van der Waals surface area contributed by atoms with Crippen LogP contribution in [0.15, 0.2) is 48.5 Å². The van der Waals surface area contributed by atoms with Crippen LogP contribution in [0.4, 0.5) is 0 Å². The van der Waals surface area contributed by atoms with Crippen LogP contribution in [0.3, 0.4) is 0 Å². The fourth-order valence-corrected chi connectivity index (χ4v) is 1.78. The second-order valence-corrected chi connectivity index (χ2v) is 4.16. The third-order valence-corrected chi connectivity index (χ3v) is 2.91. The Morgan fingerprint density at radius 2 is 1.35 bits per heavy atom. The van der Waals surface area contributed by atoms with Crippen LogP contribution < -0.4 is 10.5 Å². The zero-order chi connectivity index (χ0) is 12.3. The standard InChI is InChI=1S/C15H17NO/c1-11-3-5-12(6-4-11)15(16)13-7-9-14(17-2)10-8-13/h3-10,15H,16H2,1-2H3/t15-/m1/s1. The third kappa shape index (κ3) is 2.66. The van der Waals surface area contributed by atoms with Crippen LogP contribution >= 0.6 is 0 Å². The smallest absolute Gasteiger partial charge is 0.118 e. The van der Waals surface area contributed by atoms with Gasteiger partial charge in [-0.05, 0) is 30.2 Å². The molecule has 2 aromatic rings. The van der Waals surface area contributed by atoms with Gasteiger partial charge in [-0.1, -0.05) is 42.0 Å². The van der Waals surface area contributed by atoms with Gasteiger partial charge in [0.05, 0.1) is 13.2 Å². The third-order valence-electron chi connectivity index (χ3n) is 2.91. The monoisotopic (exact) mass is 227 g/mol. The van der Waals surface area contributed by atoms with Crippen molar-refractivity contribution in [2.75, 3.05) is 7.11 Å². The van der Waals surface area contributed by atoms with Gasteiger partial charge < -0.3 is 10.5 Å². The molecule has 0 aromatic heterocycles. The fraction of sp³-hybridized carbons (Fsp3) is 0.200. The van der Waals surface area contributed by atoms with Crippen LogP contribution in [0.5, 0.6) is 5.75 Å². The van der Waals surface area contributed by atoms with Crippen molar-refractivity contribution in [2.45, 2.75) is 13.0 Å². The summed E-state index contributed by atoms with van der Waals surface area (Å²) in [5.41, 5.74) is 9.68. The summed E-state index contributed by atoms with van der Waals surface area (Å²) in [5, 5.41) is 0. The molecule has 0 aliphatic carbocycles. The minimum absolute atomic E-state index is 0.0819. The molecule has 0 aliphatic rings. The summed E-state index contributed by atoms with van der Waals surface area (Å²) in [6.45, 7) is 2.07. The molecule has 1 atom stereocenters. The van der Waals surface area contributed by atoms with Gasteiger partial charge in [-0.25, -0.2) is 0 Å². The first-order valence-electron chi connectivity index (χ1n) is 5.67. The molecule has 0 radical (unpaired) electrons. The minimum Gasteiger partial charge on any atom is -0.497 e. The molecule has 88 valence electrons. The number of ether oxygens (including phenoxy) is 1. The van der Waals surface area contributed by atoms with Gasteiger partial charge in [0.15, 0.2) is 0 Å². The highest BCUT2D eigenvalue weighted by Crippen LogP contribution is 2.22. The quantitative estimate of drug-likeness (QED) is 0.874. The maximum atomic E-state index is 6.22. The summed E-state index contributed by atoms with van der Waals surface area (Å²) in [6.07, 6.45) is 0. The Balaban J connectivity index is 2.23. The molecule has 0 fully saturated rings. The zero-order valence-corrected chi connectivity index (χ0v) is 10.2. The molecule has 0 spiro atoms. The van der Waals surface area contributed by atoms with Crippen LogP contribution in [0.25, 0.3) is 0 Å². The Labute approximate surface area is 102 Å². The first-order valence-corrected chi connectivity index (χ1v) is 5.67. The number of hydrogen-bond donors (Lipinski definition) is 1. The lowest BCUT2D eigenvalue weighted by atomic mass is 9.99. The molecule has 2 nitrogen and oxygen atoms in total. The average molecular weight is 227 g/mol. The van der Waals surface area contributed by atoms with Crippen LogP contribution in [-0.2, 0) is 0 Å². The SMILES string of the molecule is COc1ccc([C@H](N)c2ccc(C)cc2)cc1. The summed E-state index contributed by atoms with van der Waals surface area (Å²) in [7, 11) is 1.66. The van der Waals surface area contributed by atoms with E-state index in [0.29, 0.717) is 0 Å². The van der Waals surface area contributed by atoms with E-state index >= 15 is 0 Å². The van der Waals surface area contributed by atoms with Gasteiger partial charge in [0, 0.05) is 0 Å². The molecular formula is C15H17NO. The highest BCUT2D eigenvalue weighted by atomic mass is 16.5. The van der Waals surface area contributed by atoms with Crippen molar-refractivity contribution in [1.82, 2.24) is 0 Å². The lowest BCUT2D eigenvalue weighted by molar-refractivity contribution is 0.414. The molecule has 0 amide bonds. The van der Waals surface area contributed by atoms with Gasteiger partial charge in [-0.3, -0.25) is 0 Å². The van der Waals surface area contributed by atoms with Crippen LogP contribution in [0.2, 0.25) is 0 Å². The summed E-state index contributed by atoms with van der Waals surface area (Å²) < 4.78 is 5.13. The molecule has 2 heteroatoms. The number of benzene rings is 2. The van der Waals surface area contributed by atoms with E-state index in [1.54, 1.807) is 7.11 Å². The van der Waals surface area contributed by atoms with Crippen molar-refractivity contribution in [3.05, 3.63) is 65.2 Å². The van der Waals surface area contributed by atoms with Gasteiger partial charge in [0.25, 0.3) is 0 Å². The second-order valence-electron chi connectivity index (χ2n) is 4.16. The molecular weight excluding hydrogens is 210 g/mol. The van der Waals surface area contributed by atoms with E-state index in [0.717, 1.165) is 16.9 Å². The van der Waals surface area contributed by atoms with Crippen molar-refractivity contribution in [2.24, 2.45) is 5.73 Å². The number of methoxy groups -OCH3 is 1. The molecule has 2 aromatic carbocycles. The van der Waals surface area contributed by atoms with Crippen LogP contribution in [-0.4, -0.2) is 7.11 Å². The van der Waals surface area contributed by atoms with Crippen LogP contribution in [0, 0.1) is 6.92 Å². The molecule has 0 bridgehead atoms. The number of nitrogens with two attached hydrogens (primary N) is 1. The molecule has 17 heavy (non-hydrogen) atoms. The molecule has 2 rings (SSSR count). The average Bonchev–Trinajstić information content (AvgIpc) is 2.39. The van der Waals surface area contributed by atoms with Gasteiger partial charge in [-0.15, -0.1) is 0 Å². The fourth-order valence-electron chi connectivity index (χ4n) is 1.78. The molecule has 0 saturated carbocycles. The minimum atomic E-state index is -0.0819. The highest BCUT2D eigenvalue weighted by molar-refractivity contribution is 5.35. The molecule has 0 aliphatic heterocycles. The van der Waals surface area contributed by atoms with E-state index in [1.165, 1.54) is 5.56 Å². The Bertz CT molecular complexity index is 473. The van der Waals surface area contributed by atoms with E-state index in [1.807, 2.05) is 24.3 Å². The van der Waals surface area contributed by atoms with E-state index in [-0.39, 0.29) is 6.04 Å². The largest absolute Gasteiger partial charge is 0.497 e. The highest BCUT2D eigenvalue weighted by Gasteiger charge is 2.08. The predicted molar refractivity (Wildman–Crippen MR) is 70.2 cm³/mol. The first-order chi connectivity index (χ1) is 8.20. The predicted octanol–water partition coefficient (Wildman–Crippen LogP) is 3.05. The Hall–Kier alpha value is -1.80. The van der Waals surface area contributed by atoms with Crippen molar-refractivity contribution in [1.29, 1.82) is 0 Å². The Morgan fingerprint density at radius 1 is 0.882 bits per heavy atom. The Morgan fingerprint density at radius 3 is 1.82 bits per heavy atom. The first kappa shape index (κ1) is 11.7. The van der Waals surface area contributed by atoms with Crippen molar-refractivity contribution >= 4 is 0 Å². The Kier molecular flexibility index (Phi) is 3.45. The van der Waals surface area contributed by atoms with Crippen LogP contribution in [0.1, 0.15) is 22.7 Å². The molecule has 0 saturated heterocycles. The molecule has 2 N–H and O–H groups in total. The number of hydrogen-bond acceptors (Lipinski definition) is 2. The molecule has 0 unspecified atom stereocenters. The van der Waals surface area contributed by atoms with E-state index in [4.69, 9.17) is 10.5 Å². The van der Waals surface area contributed by atoms with Gasteiger partial charge in [0.2, 0.25) is 0 Å². The van der Waals surface area contributed by atoms with E-state index in [2.05, 4.69) is 31.2 Å². The summed E-state index contributed by atoms with van der Waals surface area (Å²) >= 11 is 0. The van der Waals surface area contributed by atoms with Gasteiger partial charge >= 0.3 is 0 Å². The summed E-state index contributed by atoms with van der Waals surface area (Å²) in [5.74, 6) is 0.852. The lowest BCUT2D eigenvalue weighted by Crippen LogP contribution is -2.11. The zero-order valence-electron chi connectivity index (χ0n) is 10.2. The van der Waals surface area contributed by atoms with Crippen molar-refractivity contribution in [3.8, 4) is 5.75 Å². The number of aryl methyl sites for hydroxylation is 1. The topological polar surface area (TPSA) is 35.2 Å². The van der Waals surface area contributed by atoms with Crippen molar-refractivity contribution < 1.29 is 4.74 Å². The van der Waals surface area contributed by atoms with E-state index in [9.17, 15) is 0 Å². The normalized spacial score (nSPS) is 12.2.